The van der Waals surface area contributed by atoms with Crippen LogP contribution >= 0.6 is 0 Å². The summed E-state index contributed by atoms with van der Waals surface area (Å²) in [7, 11) is 0. The summed E-state index contributed by atoms with van der Waals surface area (Å²) >= 11 is 0. The van der Waals surface area contributed by atoms with Crippen LogP contribution in [0, 0.1) is 0 Å². The minimum Gasteiger partial charge on any atom is -0.353 e. The topological polar surface area (TPSA) is 100 Å². The highest BCUT2D eigenvalue weighted by atomic mass is 16.5. The van der Waals surface area contributed by atoms with Crippen molar-refractivity contribution in [1.82, 2.24) is 25.7 Å². The Balaban J connectivity index is 1.48. The number of carbonyl (C=O) groups excluding carboxylic acids is 2. The highest BCUT2D eigenvalue weighted by Crippen LogP contribution is 2.30. The molecule has 3 amide bonds. The van der Waals surface area contributed by atoms with Crippen molar-refractivity contribution < 1.29 is 14.1 Å². The molecule has 1 aromatic rings. The van der Waals surface area contributed by atoms with E-state index in [4.69, 9.17) is 4.52 Å². The van der Waals surface area contributed by atoms with Gasteiger partial charge in [-0.2, -0.15) is 4.98 Å². The third kappa shape index (κ3) is 5.43. The fraction of sp³-hybridized carbons (Fsp3) is 0.789. The smallest absolute Gasteiger partial charge is 0.318 e. The maximum atomic E-state index is 12.2. The molecule has 8 nitrogen and oxygen atoms in total. The normalized spacial score (nSPS) is 21.1. The van der Waals surface area contributed by atoms with Crippen LogP contribution in [-0.2, 0) is 11.2 Å². The number of rotatable bonds is 6. The number of carbonyl (C=O) groups is 2. The Morgan fingerprint density at radius 1 is 1.15 bits per heavy atom. The number of urea groups is 1. The van der Waals surface area contributed by atoms with Crippen LogP contribution in [0.5, 0.6) is 0 Å². The highest BCUT2D eigenvalue weighted by molar-refractivity contribution is 5.76. The Bertz CT molecular complexity index is 625. The fourth-order valence-electron chi connectivity index (χ4n) is 3.98. The Morgan fingerprint density at radius 2 is 1.93 bits per heavy atom. The predicted octanol–water partition coefficient (Wildman–Crippen LogP) is 2.71. The van der Waals surface area contributed by atoms with E-state index >= 15 is 0 Å². The molecule has 1 atom stereocenters. The minimum absolute atomic E-state index is 0.0477. The van der Waals surface area contributed by atoms with Gasteiger partial charge in [0.25, 0.3) is 0 Å². The first-order chi connectivity index (χ1) is 13.2. The summed E-state index contributed by atoms with van der Waals surface area (Å²) in [6.07, 6.45) is 9.62. The lowest BCUT2D eigenvalue weighted by atomic mass is 10.1. The van der Waals surface area contributed by atoms with Crippen LogP contribution in [0.4, 0.5) is 4.79 Å². The molecular formula is C19H31N5O3. The van der Waals surface area contributed by atoms with Crippen molar-refractivity contribution in [1.29, 1.82) is 0 Å². The molecule has 0 spiro atoms. The van der Waals surface area contributed by atoms with E-state index in [-0.39, 0.29) is 18.0 Å². The standard InChI is InChI=1S/C19H31N5O3/c1-2-20-19(26)24-13-7-10-15(24)18-22-17(27-23-18)12-11-16(25)21-14-8-5-3-4-6-9-14/h14-15H,2-13H2,1H3,(H,20,26)(H,21,25). The monoisotopic (exact) mass is 377 g/mol. The molecular weight excluding hydrogens is 346 g/mol. The Hall–Kier alpha value is -2.12. The van der Waals surface area contributed by atoms with Gasteiger partial charge in [0.1, 0.15) is 0 Å². The van der Waals surface area contributed by atoms with E-state index in [1.165, 1.54) is 25.7 Å². The molecule has 2 N–H and O–H groups in total. The highest BCUT2D eigenvalue weighted by Gasteiger charge is 2.33. The van der Waals surface area contributed by atoms with Gasteiger partial charge in [-0.25, -0.2) is 4.79 Å². The molecule has 150 valence electrons. The molecule has 0 aromatic carbocycles. The molecule has 0 bridgehead atoms. The van der Waals surface area contributed by atoms with Gasteiger partial charge in [0, 0.05) is 32.0 Å². The van der Waals surface area contributed by atoms with Gasteiger partial charge >= 0.3 is 6.03 Å². The lowest BCUT2D eigenvalue weighted by molar-refractivity contribution is -0.121. The van der Waals surface area contributed by atoms with E-state index in [2.05, 4.69) is 20.8 Å². The maximum absolute atomic E-state index is 12.2. The number of hydrogen-bond acceptors (Lipinski definition) is 5. The summed E-state index contributed by atoms with van der Waals surface area (Å²) < 4.78 is 5.33. The molecule has 1 saturated heterocycles. The molecule has 3 rings (SSSR count). The van der Waals surface area contributed by atoms with Crippen molar-refractivity contribution in [3.63, 3.8) is 0 Å². The van der Waals surface area contributed by atoms with Gasteiger partial charge in [-0.05, 0) is 32.6 Å². The van der Waals surface area contributed by atoms with Gasteiger partial charge in [0.15, 0.2) is 5.82 Å². The Morgan fingerprint density at radius 3 is 2.67 bits per heavy atom. The van der Waals surface area contributed by atoms with Crippen LogP contribution in [0.15, 0.2) is 4.52 Å². The number of likely N-dealkylation sites (tertiary alicyclic amines) is 1. The van der Waals surface area contributed by atoms with Crippen LogP contribution in [-0.4, -0.2) is 46.1 Å². The number of nitrogens with zero attached hydrogens (tertiary/aromatic N) is 3. The van der Waals surface area contributed by atoms with Gasteiger partial charge < -0.3 is 20.1 Å². The molecule has 1 aliphatic heterocycles. The van der Waals surface area contributed by atoms with E-state index < -0.39 is 0 Å². The third-order valence-electron chi connectivity index (χ3n) is 5.41. The number of amides is 3. The van der Waals surface area contributed by atoms with Crippen molar-refractivity contribution in [2.75, 3.05) is 13.1 Å². The summed E-state index contributed by atoms with van der Waals surface area (Å²) in [5.74, 6) is 1.05. The van der Waals surface area contributed by atoms with Gasteiger partial charge in [0.2, 0.25) is 11.8 Å². The van der Waals surface area contributed by atoms with Gasteiger partial charge in [-0.1, -0.05) is 30.8 Å². The van der Waals surface area contributed by atoms with Crippen LogP contribution in [0.1, 0.15) is 82.5 Å². The summed E-state index contributed by atoms with van der Waals surface area (Å²) in [4.78, 5) is 30.6. The van der Waals surface area contributed by atoms with E-state index in [0.717, 1.165) is 25.7 Å². The number of aromatic nitrogens is 2. The van der Waals surface area contributed by atoms with E-state index in [9.17, 15) is 9.59 Å². The molecule has 27 heavy (non-hydrogen) atoms. The van der Waals surface area contributed by atoms with Crippen molar-refractivity contribution in [3.05, 3.63) is 11.7 Å². The van der Waals surface area contributed by atoms with E-state index in [1.807, 2.05) is 6.92 Å². The summed E-state index contributed by atoms with van der Waals surface area (Å²) in [6, 6.07) is 0.0744. The van der Waals surface area contributed by atoms with Crippen LogP contribution in [0.25, 0.3) is 0 Å². The molecule has 2 aliphatic rings. The fourth-order valence-corrected chi connectivity index (χ4v) is 3.98. The average molecular weight is 377 g/mol. The lowest BCUT2D eigenvalue weighted by Gasteiger charge is -2.22. The average Bonchev–Trinajstić information content (AvgIpc) is 3.25. The largest absolute Gasteiger partial charge is 0.353 e. The SMILES string of the molecule is CCNC(=O)N1CCCC1c1noc(CCC(=O)NC2CCCCCC2)n1. The Labute approximate surface area is 160 Å². The Kier molecular flexibility index (Phi) is 7.06. The maximum Gasteiger partial charge on any atom is 0.318 e. The zero-order valence-electron chi connectivity index (χ0n) is 16.2. The molecule has 1 unspecified atom stereocenters. The number of aryl methyl sites for hydroxylation is 1. The molecule has 0 radical (unpaired) electrons. The first kappa shape index (κ1) is 19.6. The summed E-state index contributed by atoms with van der Waals surface area (Å²) in [5.41, 5.74) is 0. The zero-order chi connectivity index (χ0) is 19.1. The van der Waals surface area contributed by atoms with Crippen LogP contribution < -0.4 is 10.6 Å². The molecule has 2 heterocycles. The quantitative estimate of drug-likeness (QED) is 0.743. The molecule has 1 aliphatic carbocycles. The van der Waals surface area contributed by atoms with Gasteiger partial charge in [-0.15, -0.1) is 0 Å². The second-order valence-corrected chi connectivity index (χ2v) is 7.49. The van der Waals surface area contributed by atoms with Gasteiger partial charge in [-0.3, -0.25) is 4.79 Å². The number of hydrogen-bond donors (Lipinski definition) is 2. The molecule has 8 heteroatoms. The van der Waals surface area contributed by atoms with Crippen LogP contribution in [0.3, 0.4) is 0 Å². The first-order valence-electron chi connectivity index (χ1n) is 10.3. The number of nitrogens with one attached hydrogen (secondary N) is 2. The van der Waals surface area contributed by atoms with Crippen molar-refractivity contribution in [2.45, 2.75) is 83.2 Å². The first-order valence-corrected chi connectivity index (χ1v) is 10.3. The molecule has 2 fully saturated rings. The van der Waals surface area contributed by atoms with Crippen molar-refractivity contribution >= 4 is 11.9 Å². The van der Waals surface area contributed by atoms with Crippen molar-refractivity contribution in [2.24, 2.45) is 0 Å². The molecule has 1 aromatic heterocycles. The van der Waals surface area contributed by atoms with Crippen molar-refractivity contribution in [3.8, 4) is 0 Å². The zero-order valence-corrected chi connectivity index (χ0v) is 16.2. The third-order valence-corrected chi connectivity index (χ3v) is 5.41. The van der Waals surface area contributed by atoms with E-state index in [1.54, 1.807) is 4.90 Å². The summed E-state index contributed by atoms with van der Waals surface area (Å²) in [5, 5.41) is 10.0. The lowest BCUT2D eigenvalue weighted by Crippen LogP contribution is -2.39. The van der Waals surface area contributed by atoms with E-state index in [0.29, 0.717) is 43.7 Å². The predicted molar refractivity (Wildman–Crippen MR) is 100 cm³/mol. The van der Waals surface area contributed by atoms with Gasteiger partial charge in [0.05, 0.1) is 6.04 Å². The van der Waals surface area contributed by atoms with Crippen LogP contribution in [0.2, 0.25) is 0 Å². The second kappa shape index (κ2) is 9.71. The second-order valence-electron chi connectivity index (χ2n) is 7.49. The summed E-state index contributed by atoms with van der Waals surface area (Å²) in [6.45, 7) is 3.19. The minimum atomic E-state index is -0.145. The molecule has 1 saturated carbocycles.